The largest absolute Gasteiger partial charge is 0.322 e. The number of aryl methyl sites for hydroxylation is 1. The standard InChI is InChI=1S/C25H18FN5O2S/c1-15-28-21-11-4-17(14-22(21)31(15)20-9-5-18(26)6-10-20)24(33)29-19-7-2-16(3-8-19)23(32)30-25-27-12-13-34-25/h2-14H,1H3,(H,29,33)(H,27,30,32). The fourth-order valence-corrected chi connectivity index (χ4v) is 4.14. The second-order valence-corrected chi connectivity index (χ2v) is 8.39. The van der Waals surface area contributed by atoms with Crippen LogP contribution in [0.5, 0.6) is 0 Å². The SMILES string of the molecule is Cc1nc2ccc(C(=O)Nc3ccc(C(=O)Nc4nccs4)cc3)cc2n1-c1ccc(F)cc1. The normalized spacial score (nSPS) is 10.9. The molecular weight excluding hydrogens is 453 g/mol. The van der Waals surface area contributed by atoms with E-state index in [0.29, 0.717) is 21.9 Å². The van der Waals surface area contributed by atoms with Gasteiger partial charge in [-0.2, -0.15) is 0 Å². The molecule has 0 aliphatic carbocycles. The molecule has 2 heterocycles. The third-order valence-corrected chi connectivity index (χ3v) is 5.92. The summed E-state index contributed by atoms with van der Waals surface area (Å²) in [6.07, 6.45) is 1.62. The molecule has 0 aliphatic rings. The topological polar surface area (TPSA) is 88.9 Å². The van der Waals surface area contributed by atoms with Gasteiger partial charge in [-0.3, -0.25) is 19.5 Å². The van der Waals surface area contributed by atoms with Crippen molar-refractivity contribution in [1.29, 1.82) is 0 Å². The van der Waals surface area contributed by atoms with E-state index in [9.17, 15) is 14.0 Å². The summed E-state index contributed by atoms with van der Waals surface area (Å²) < 4.78 is 15.2. The highest BCUT2D eigenvalue weighted by Crippen LogP contribution is 2.23. The predicted octanol–water partition coefficient (Wildman–Crippen LogP) is 5.43. The summed E-state index contributed by atoms with van der Waals surface area (Å²) in [6.45, 7) is 1.86. The Morgan fingerprint density at radius 2 is 1.62 bits per heavy atom. The number of rotatable bonds is 5. The van der Waals surface area contributed by atoms with Crippen molar-refractivity contribution in [3.8, 4) is 5.69 Å². The van der Waals surface area contributed by atoms with Crippen molar-refractivity contribution in [3.63, 3.8) is 0 Å². The summed E-state index contributed by atoms with van der Waals surface area (Å²) in [4.78, 5) is 33.8. The molecule has 0 atom stereocenters. The molecule has 7 nitrogen and oxygen atoms in total. The van der Waals surface area contributed by atoms with E-state index in [2.05, 4.69) is 20.6 Å². The number of fused-ring (bicyclic) bond motifs is 1. The van der Waals surface area contributed by atoms with Crippen molar-refractivity contribution in [2.45, 2.75) is 6.92 Å². The molecule has 0 radical (unpaired) electrons. The Bertz CT molecular complexity index is 1490. The van der Waals surface area contributed by atoms with Crippen LogP contribution in [-0.4, -0.2) is 26.3 Å². The minimum Gasteiger partial charge on any atom is -0.322 e. The summed E-state index contributed by atoms with van der Waals surface area (Å²) in [5.41, 5.74) is 3.68. The highest BCUT2D eigenvalue weighted by molar-refractivity contribution is 7.13. The summed E-state index contributed by atoms with van der Waals surface area (Å²) in [6, 6.07) is 18.0. The molecule has 0 spiro atoms. The van der Waals surface area contributed by atoms with Crippen LogP contribution in [-0.2, 0) is 0 Å². The number of halogens is 1. The summed E-state index contributed by atoms with van der Waals surface area (Å²) in [5, 5.41) is 7.86. The second-order valence-electron chi connectivity index (χ2n) is 7.50. The first-order valence-corrected chi connectivity index (χ1v) is 11.2. The van der Waals surface area contributed by atoms with Crippen LogP contribution in [0.4, 0.5) is 15.2 Å². The third-order valence-electron chi connectivity index (χ3n) is 5.23. The monoisotopic (exact) mass is 471 g/mol. The molecule has 2 amide bonds. The average molecular weight is 472 g/mol. The summed E-state index contributed by atoms with van der Waals surface area (Å²) in [5.74, 6) is -0.169. The van der Waals surface area contributed by atoms with Gasteiger partial charge in [-0.15, -0.1) is 11.3 Å². The first-order chi connectivity index (χ1) is 16.5. The summed E-state index contributed by atoms with van der Waals surface area (Å²) in [7, 11) is 0. The molecule has 2 aromatic heterocycles. The smallest absolute Gasteiger partial charge is 0.257 e. The fraction of sp³-hybridized carbons (Fsp3) is 0.0400. The molecule has 34 heavy (non-hydrogen) atoms. The highest BCUT2D eigenvalue weighted by atomic mass is 32.1. The number of carbonyl (C=O) groups is 2. The van der Waals surface area contributed by atoms with Crippen molar-refractivity contribution in [3.05, 3.63) is 101 Å². The number of amides is 2. The van der Waals surface area contributed by atoms with Crippen LogP contribution >= 0.6 is 11.3 Å². The highest BCUT2D eigenvalue weighted by Gasteiger charge is 2.14. The van der Waals surface area contributed by atoms with Crippen molar-refractivity contribution in [2.24, 2.45) is 0 Å². The van der Waals surface area contributed by atoms with E-state index in [1.54, 1.807) is 66.2 Å². The minimum absolute atomic E-state index is 0.275. The number of hydrogen-bond acceptors (Lipinski definition) is 5. The molecule has 2 N–H and O–H groups in total. The zero-order valence-corrected chi connectivity index (χ0v) is 18.8. The number of imidazole rings is 1. The first-order valence-electron chi connectivity index (χ1n) is 10.4. The van der Waals surface area contributed by atoms with E-state index in [-0.39, 0.29) is 17.6 Å². The van der Waals surface area contributed by atoms with Crippen LogP contribution in [0, 0.1) is 12.7 Å². The van der Waals surface area contributed by atoms with Gasteiger partial charge in [0.2, 0.25) is 0 Å². The molecular formula is C25H18FN5O2S. The van der Waals surface area contributed by atoms with Gasteiger partial charge in [-0.1, -0.05) is 0 Å². The Morgan fingerprint density at radius 1 is 0.912 bits per heavy atom. The number of nitrogens with zero attached hydrogens (tertiary/aromatic N) is 3. The Hall–Kier alpha value is -4.37. The lowest BCUT2D eigenvalue weighted by Crippen LogP contribution is -2.13. The van der Waals surface area contributed by atoms with Crippen LogP contribution in [0.2, 0.25) is 0 Å². The predicted molar refractivity (Wildman–Crippen MR) is 130 cm³/mol. The maximum atomic E-state index is 13.4. The van der Waals surface area contributed by atoms with Gasteiger partial charge in [0.25, 0.3) is 11.8 Å². The Morgan fingerprint density at radius 3 is 2.32 bits per heavy atom. The third kappa shape index (κ3) is 4.28. The second kappa shape index (κ2) is 8.87. The molecule has 0 saturated heterocycles. The maximum Gasteiger partial charge on any atom is 0.257 e. The van der Waals surface area contributed by atoms with Gasteiger partial charge in [0.15, 0.2) is 5.13 Å². The van der Waals surface area contributed by atoms with Crippen molar-refractivity contribution < 1.29 is 14.0 Å². The lowest BCUT2D eigenvalue weighted by molar-refractivity contribution is 0.102. The number of anilines is 2. The average Bonchev–Trinajstić information content (AvgIpc) is 3.46. The number of thiazole rings is 1. The van der Waals surface area contributed by atoms with Gasteiger partial charge in [-0.25, -0.2) is 14.4 Å². The molecule has 0 bridgehead atoms. The fourth-order valence-electron chi connectivity index (χ4n) is 3.62. The van der Waals surface area contributed by atoms with Crippen LogP contribution in [0.3, 0.4) is 0 Å². The molecule has 5 aromatic rings. The van der Waals surface area contributed by atoms with Gasteiger partial charge < -0.3 is 5.32 Å². The van der Waals surface area contributed by atoms with E-state index in [0.717, 1.165) is 22.5 Å². The first kappa shape index (κ1) is 21.5. The van der Waals surface area contributed by atoms with Crippen molar-refractivity contribution in [2.75, 3.05) is 10.6 Å². The molecule has 0 unspecified atom stereocenters. The Kier molecular flexibility index (Phi) is 5.60. The Balaban J connectivity index is 1.36. The minimum atomic E-state index is -0.322. The van der Waals surface area contributed by atoms with Gasteiger partial charge in [0.05, 0.1) is 11.0 Å². The summed E-state index contributed by atoms with van der Waals surface area (Å²) >= 11 is 1.33. The zero-order valence-electron chi connectivity index (χ0n) is 17.9. The van der Waals surface area contributed by atoms with E-state index < -0.39 is 0 Å². The number of carbonyl (C=O) groups excluding carboxylic acids is 2. The van der Waals surface area contributed by atoms with Gasteiger partial charge in [0.1, 0.15) is 11.6 Å². The van der Waals surface area contributed by atoms with Crippen LogP contribution < -0.4 is 10.6 Å². The number of hydrogen-bond donors (Lipinski definition) is 2. The number of nitrogens with one attached hydrogen (secondary N) is 2. The van der Waals surface area contributed by atoms with E-state index in [1.807, 2.05) is 11.5 Å². The van der Waals surface area contributed by atoms with Gasteiger partial charge >= 0.3 is 0 Å². The molecule has 0 aliphatic heterocycles. The van der Waals surface area contributed by atoms with Gasteiger partial charge in [-0.05, 0) is 73.7 Å². The van der Waals surface area contributed by atoms with E-state index in [1.165, 1.54) is 23.5 Å². The van der Waals surface area contributed by atoms with Crippen molar-refractivity contribution >= 4 is 45.0 Å². The maximum absolute atomic E-state index is 13.4. The Labute approximate surface area is 197 Å². The molecule has 168 valence electrons. The molecule has 0 saturated carbocycles. The molecule has 9 heteroatoms. The van der Waals surface area contributed by atoms with E-state index >= 15 is 0 Å². The molecule has 3 aromatic carbocycles. The lowest BCUT2D eigenvalue weighted by Gasteiger charge is -2.09. The van der Waals surface area contributed by atoms with Crippen LogP contribution in [0.25, 0.3) is 16.7 Å². The zero-order chi connectivity index (χ0) is 23.7. The van der Waals surface area contributed by atoms with Gasteiger partial charge in [0, 0.05) is 34.1 Å². The van der Waals surface area contributed by atoms with E-state index in [4.69, 9.17) is 0 Å². The van der Waals surface area contributed by atoms with Crippen LogP contribution in [0.1, 0.15) is 26.5 Å². The van der Waals surface area contributed by atoms with Crippen molar-refractivity contribution in [1.82, 2.24) is 14.5 Å². The molecule has 5 rings (SSSR count). The number of benzene rings is 3. The lowest BCUT2D eigenvalue weighted by atomic mass is 10.1. The molecule has 0 fully saturated rings. The quantitative estimate of drug-likeness (QED) is 0.358. The van der Waals surface area contributed by atoms with Crippen LogP contribution in [0.15, 0.2) is 78.3 Å². The number of aromatic nitrogens is 3.